The Hall–Kier alpha value is -4.25. The summed E-state index contributed by atoms with van der Waals surface area (Å²) >= 11 is 12.2. The van der Waals surface area contributed by atoms with Crippen LogP contribution in [0, 0.1) is 11.8 Å². The summed E-state index contributed by atoms with van der Waals surface area (Å²) in [5.41, 5.74) is 3.60. The molecule has 0 unspecified atom stereocenters. The van der Waals surface area contributed by atoms with E-state index in [2.05, 4.69) is 42.1 Å². The minimum absolute atomic E-state index is 0.160. The normalized spacial score (nSPS) is 14.9. The molecule has 6 nitrogen and oxygen atoms in total. The van der Waals surface area contributed by atoms with Crippen LogP contribution in [0.2, 0.25) is 0 Å². The zero-order valence-corrected chi connectivity index (χ0v) is 40.9. The fourth-order valence-electron chi connectivity index (χ4n) is 9.11. The molecule has 2 saturated heterocycles. The second-order valence-electron chi connectivity index (χ2n) is 16.9. The first kappa shape index (κ1) is 50.2. The zero-order valence-electron chi connectivity index (χ0n) is 37.0. The fourth-order valence-corrected chi connectivity index (χ4v) is 9.77. The summed E-state index contributed by atoms with van der Waals surface area (Å²) in [7, 11) is 0. The van der Waals surface area contributed by atoms with Gasteiger partial charge in [0.05, 0.1) is 0 Å². The first-order valence-corrected chi connectivity index (χ1v) is 25.0. The number of ketones is 2. The van der Waals surface area contributed by atoms with Crippen LogP contribution in [0.1, 0.15) is 94.3 Å². The molecule has 65 heavy (non-hydrogen) atoms. The SMILES string of the molecule is O=C(CCCCl)c1ccc(Br)cc1.O=C(CCCN1CCC(C(O)(c2ccccc2)c2ccccc2)CC1)c1ccc(Br)cc1.OC(c1ccccc1)(c1ccccc1)C1CCNCC1. The van der Waals surface area contributed by atoms with E-state index in [1.807, 2.05) is 170 Å². The Kier molecular flexibility index (Phi) is 19.8. The van der Waals surface area contributed by atoms with E-state index in [1.54, 1.807) is 0 Å². The Bertz CT molecular complexity index is 2230. The molecule has 0 aliphatic carbocycles. The van der Waals surface area contributed by atoms with Gasteiger partial charge in [-0.1, -0.05) is 177 Å². The number of nitrogens with zero attached hydrogens (tertiary/aromatic N) is 1. The van der Waals surface area contributed by atoms with Crippen LogP contribution < -0.4 is 5.32 Å². The summed E-state index contributed by atoms with van der Waals surface area (Å²) < 4.78 is 1.98. The summed E-state index contributed by atoms with van der Waals surface area (Å²) in [5.74, 6) is 1.33. The number of rotatable bonds is 15. The number of nitrogens with one attached hydrogen (secondary N) is 1. The highest BCUT2D eigenvalue weighted by Gasteiger charge is 2.42. The second kappa shape index (κ2) is 25.6. The van der Waals surface area contributed by atoms with Gasteiger partial charge in [-0.2, -0.15) is 0 Å². The lowest BCUT2D eigenvalue weighted by Gasteiger charge is -2.42. The molecule has 0 aromatic heterocycles. The molecule has 340 valence electrons. The molecule has 8 rings (SSSR count). The average molecular weight is 1020 g/mol. The lowest BCUT2D eigenvalue weighted by atomic mass is 9.72. The zero-order chi connectivity index (χ0) is 45.9. The van der Waals surface area contributed by atoms with Crippen molar-refractivity contribution in [1.82, 2.24) is 10.2 Å². The second-order valence-corrected chi connectivity index (χ2v) is 19.1. The number of halogens is 3. The standard InChI is InChI=1S/C28H30BrNO2.C18H21NO.C10H10BrClO/c29-26-15-13-22(14-16-26)27(31)12-7-19-30-20-17-25(18-21-30)28(32,23-8-3-1-4-9-23)24-10-5-2-6-11-24;20-18(15-7-3-1-4-8-15,16-9-5-2-6-10-16)17-11-13-19-14-12-17;11-9-5-3-8(4-6-9)10(13)2-1-7-12/h1-6,8-11,13-16,25,32H,7,12,17-21H2;1-10,17,19-20H,11-14H2;3-6H,1-2,7H2. The van der Waals surface area contributed by atoms with Gasteiger partial charge in [0.25, 0.3) is 0 Å². The number of aliphatic hydroxyl groups is 2. The molecule has 0 amide bonds. The fraction of sp³-hybridized carbons (Fsp3) is 0.321. The van der Waals surface area contributed by atoms with Crippen molar-refractivity contribution in [3.05, 3.63) is 212 Å². The van der Waals surface area contributed by atoms with E-state index in [0.717, 1.165) is 114 Å². The third-order valence-corrected chi connectivity index (χ3v) is 14.0. The molecule has 0 atom stereocenters. The van der Waals surface area contributed by atoms with Crippen molar-refractivity contribution in [3.63, 3.8) is 0 Å². The predicted octanol–water partition coefficient (Wildman–Crippen LogP) is 12.6. The topological polar surface area (TPSA) is 89.9 Å². The van der Waals surface area contributed by atoms with Crippen molar-refractivity contribution in [2.75, 3.05) is 38.6 Å². The molecule has 2 fully saturated rings. The van der Waals surface area contributed by atoms with Gasteiger partial charge in [0, 0.05) is 38.8 Å². The Morgan fingerprint density at radius 3 is 1.22 bits per heavy atom. The molecule has 2 aliphatic rings. The summed E-state index contributed by atoms with van der Waals surface area (Å²) in [6.45, 7) is 4.77. The Morgan fingerprint density at radius 1 is 0.523 bits per heavy atom. The van der Waals surface area contributed by atoms with Crippen molar-refractivity contribution in [3.8, 4) is 0 Å². The van der Waals surface area contributed by atoms with Crippen LogP contribution in [0.4, 0.5) is 0 Å². The highest BCUT2D eigenvalue weighted by atomic mass is 79.9. The van der Waals surface area contributed by atoms with Crippen molar-refractivity contribution in [2.45, 2.75) is 62.6 Å². The van der Waals surface area contributed by atoms with E-state index in [9.17, 15) is 19.8 Å². The molecular formula is C56H61Br2ClN2O4. The smallest absolute Gasteiger partial charge is 0.162 e. The molecule has 3 N–H and O–H groups in total. The van der Waals surface area contributed by atoms with Crippen LogP contribution in [0.5, 0.6) is 0 Å². The van der Waals surface area contributed by atoms with Crippen LogP contribution in [-0.2, 0) is 11.2 Å². The number of benzene rings is 6. The van der Waals surface area contributed by atoms with Crippen LogP contribution in [0.25, 0.3) is 0 Å². The average Bonchev–Trinajstić information content (AvgIpc) is 3.37. The number of piperidine rings is 2. The van der Waals surface area contributed by atoms with Gasteiger partial charge in [0.2, 0.25) is 0 Å². The molecule has 0 spiro atoms. The van der Waals surface area contributed by atoms with E-state index in [1.165, 1.54) is 0 Å². The number of Topliss-reactive ketones (excluding diaryl/α,β-unsaturated/α-hetero) is 2. The van der Waals surface area contributed by atoms with E-state index < -0.39 is 11.2 Å². The predicted molar refractivity (Wildman–Crippen MR) is 273 cm³/mol. The highest BCUT2D eigenvalue weighted by Crippen LogP contribution is 2.43. The molecule has 6 aromatic rings. The summed E-state index contributed by atoms with van der Waals surface area (Å²) in [6, 6.07) is 55.3. The maximum atomic E-state index is 12.4. The van der Waals surface area contributed by atoms with E-state index >= 15 is 0 Å². The van der Waals surface area contributed by atoms with Crippen molar-refractivity contribution in [1.29, 1.82) is 0 Å². The van der Waals surface area contributed by atoms with E-state index in [4.69, 9.17) is 11.6 Å². The highest BCUT2D eigenvalue weighted by molar-refractivity contribution is 9.10. The molecule has 2 aliphatic heterocycles. The first-order valence-electron chi connectivity index (χ1n) is 22.9. The third-order valence-electron chi connectivity index (χ3n) is 12.7. The summed E-state index contributed by atoms with van der Waals surface area (Å²) in [4.78, 5) is 26.3. The number of carbonyl (C=O) groups excluding carboxylic acids is 2. The summed E-state index contributed by atoms with van der Waals surface area (Å²) in [5, 5.41) is 26.9. The Morgan fingerprint density at radius 2 is 0.862 bits per heavy atom. The van der Waals surface area contributed by atoms with Crippen LogP contribution >= 0.6 is 43.5 Å². The quantitative estimate of drug-likeness (QED) is 0.0701. The minimum Gasteiger partial charge on any atom is -0.380 e. The van der Waals surface area contributed by atoms with Gasteiger partial charge < -0.3 is 20.4 Å². The van der Waals surface area contributed by atoms with Gasteiger partial charge in [-0.3, -0.25) is 9.59 Å². The van der Waals surface area contributed by atoms with Gasteiger partial charge >= 0.3 is 0 Å². The minimum atomic E-state index is -0.980. The number of alkyl halides is 1. The molecule has 2 heterocycles. The number of carbonyl (C=O) groups is 2. The van der Waals surface area contributed by atoms with Crippen LogP contribution in [0.3, 0.4) is 0 Å². The Labute approximate surface area is 407 Å². The third kappa shape index (κ3) is 13.9. The van der Waals surface area contributed by atoms with Gasteiger partial charge in [0.1, 0.15) is 11.2 Å². The number of hydrogen-bond acceptors (Lipinski definition) is 6. The molecule has 6 aromatic carbocycles. The maximum Gasteiger partial charge on any atom is 0.162 e. The van der Waals surface area contributed by atoms with Gasteiger partial charge in [-0.05, 0) is 130 Å². The van der Waals surface area contributed by atoms with Crippen molar-refractivity contribution in [2.24, 2.45) is 11.8 Å². The van der Waals surface area contributed by atoms with Crippen molar-refractivity contribution >= 4 is 55.0 Å². The number of likely N-dealkylation sites (tertiary alicyclic amines) is 1. The monoisotopic (exact) mass is 1020 g/mol. The summed E-state index contributed by atoms with van der Waals surface area (Å²) in [6.07, 6.45) is 6.57. The van der Waals surface area contributed by atoms with Crippen LogP contribution in [0.15, 0.2) is 179 Å². The largest absolute Gasteiger partial charge is 0.380 e. The van der Waals surface area contributed by atoms with Crippen LogP contribution in [-0.4, -0.2) is 65.3 Å². The Balaban J connectivity index is 0.000000180. The van der Waals surface area contributed by atoms with Gasteiger partial charge in [0.15, 0.2) is 11.6 Å². The lowest BCUT2D eigenvalue weighted by Crippen LogP contribution is -2.44. The maximum absolute atomic E-state index is 12.4. The van der Waals surface area contributed by atoms with E-state index in [-0.39, 0.29) is 23.4 Å². The van der Waals surface area contributed by atoms with Gasteiger partial charge in [-0.25, -0.2) is 0 Å². The first-order chi connectivity index (χ1) is 31.6. The molecule has 0 bridgehead atoms. The number of hydrogen-bond donors (Lipinski definition) is 3. The van der Waals surface area contributed by atoms with Crippen molar-refractivity contribution < 1.29 is 19.8 Å². The molecule has 9 heteroatoms. The van der Waals surface area contributed by atoms with Gasteiger partial charge in [-0.15, -0.1) is 11.6 Å². The molecule has 0 radical (unpaired) electrons. The lowest BCUT2D eigenvalue weighted by molar-refractivity contribution is -0.0142. The molecule has 0 saturated carbocycles. The van der Waals surface area contributed by atoms with E-state index in [0.29, 0.717) is 18.7 Å². The molecular weight excluding hydrogens is 960 g/mol.